The van der Waals surface area contributed by atoms with Crippen molar-refractivity contribution in [1.82, 2.24) is 10.2 Å². The highest BCUT2D eigenvalue weighted by atomic mass is 16.5. The summed E-state index contributed by atoms with van der Waals surface area (Å²) in [5.41, 5.74) is 3.22. The van der Waals surface area contributed by atoms with Crippen molar-refractivity contribution in [3.63, 3.8) is 0 Å². The molecule has 2 atom stereocenters. The molecule has 1 amide bonds. The zero-order valence-corrected chi connectivity index (χ0v) is 19.5. The van der Waals surface area contributed by atoms with Crippen LogP contribution < -0.4 is 10.1 Å². The summed E-state index contributed by atoms with van der Waals surface area (Å²) in [6.07, 6.45) is 0.859. The molecule has 0 fully saturated rings. The minimum atomic E-state index is -1.08. The molecular formula is C28H27N3O4. The van der Waals surface area contributed by atoms with Crippen LogP contribution in [0.2, 0.25) is 0 Å². The van der Waals surface area contributed by atoms with Gasteiger partial charge in [0.05, 0.1) is 6.61 Å². The van der Waals surface area contributed by atoms with Gasteiger partial charge in [0.15, 0.2) is 5.92 Å². The maximum Gasteiger partial charge on any atom is 0.321 e. The molecule has 35 heavy (non-hydrogen) atoms. The predicted octanol–water partition coefficient (Wildman–Crippen LogP) is 4.24. The molecule has 2 heterocycles. The number of rotatable bonds is 5. The number of carbonyl (C=O) groups excluding carboxylic acids is 2. The van der Waals surface area contributed by atoms with Gasteiger partial charge < -0.3 is 14.4 Å². The van der Waals surface area contributed by atoms with Gasteiger partial charge in [-0.15, -0.1) is 0 Å². The quantitative estimate of drug-likeness (QED) is 0.447. The highest BCUT2D eigenvalue weighted by Gasteiger charge is 2.42. The molecule has 0 spiro atoms. The number of guanidine groups is 1. The Kier molecular flexibility index (Phi) is 6.48. The van der Waals surface area contributed by atoms with Gasteiger partial charge in [-0.25, -0.2) is 4.99 Å². The number of ether oxygens (including phenoxy) is 2. The van der Waals surface area contributed by atoms with Crippen molar-refractivity contribution in [2.24, 2.45) is 10.9 Å². The Hall–Kier alpha value is -4.13. The van der Waals surface area contributed by atoms with E-state index >= 15 is 0 Å². The summed E-state index contributed by atoms with van der Waals surface area (Å²) in [6.45, 7) is 3.28. The van der Waals surface area contributed by atoms with Crippen LogP contribution in [0.25, 0.3) is 0 Å². The lowest BCUT2D eigenvalue weighted by atomic mass is 9.91. The maximum atomic E-state index is 13.2. The fraction of sp³-hybridized carbons (Fsp3) is 0.250. The van der Waals surface area contributed by atoms with E-state index in [4.69, 9.17) is 14.5 Å². The Balaban J connectivity index is 1.48. The van der Waals surface area contributed by atoms with Gasteiger partial charge in [0.1, 0.15) is 17.5 Å². The van der Waals surface area contributed by atoms with Crippen molar-refractivity contribution in [3.8, 4) is 11.5 Å². The molecule has 0 saturated carbocycles. The van der Waals surface area contributed by atoms with Crippen LogP contribution in [-0.4, -0.2) is 35.9 Å². The molecule has 0 radical (unpaired) electrons. The molecule has 0 bridgehead atoms. The smallest absolute Gasteiger partial charge is 0.321 e. The largest absolute Gasteiger partial charge is 0.465 e. The number of esters is 1. The SMILES string of the molecule is CCOC(=O)[C@@H]1C(=O)NC(N2CCc3ccccc3C2)=N[C@@H]1c1cccc(Oc2ccccc2)c1. The molecule has 2 aliphatic rings. The molecular weight excluding hydrogens is 442 g/mol. The standard InChI is InChI=1S/C28H27N3O4/c1-2-34-27(33)24-25(20-11-8-14-23(17-20)35-22-12-4-3-5-13-22)29-28(30-26(24)32)31-16-15-19-9-6-7-10-21(19)18-31/h3-14,17,24-25H,2,15-16,18H2,1H3,(H,29,30,32)/t24-,25+/m0/s1. The first kappa shape index (κ1) is 22.7. The Morgan fingerprint density at radius 1 is 1.00 bits per heavy atom. The third-order valence-corrected chi connectivity index (χ3v) is 6.24. The fourth-order valence-electron chi connectivity index (χ4n) is 4.53. The van der Waals surface area contributed by atoms with E-state index in [-0.39, 0.29) is 6.61 Å². The summed E-state index contributed by atoms with van der Waals surface area (Å²) in [5.74, 6) is -0.301. The van der Waals surface area contributed by atoms with Gasteiger partial charge in [-0.05, 0) is 54.3 Å². The topological polar surface area (TPSA) is 80.2 Å². The van der Waals surface area contributed by atoms with E-state index in [1.165, 1.54) is 11.1 Å². The number of hydrogen-bond acceptors (Lipinski definition) is 6. The van der Waals surface area contributed by atoms with Crippen LogP contribution in [0.4, 0.5) is 0 Å². The van der Waals surface area contributed by atoms with Crippen LogP contribution >= 0.6 is 0 Å². The van der Waals surface area contributed by atoms with E-state index in [0.717, 1.165) is 13.0 Å². The summed E-state index contributed by atoms with van der Waals surface area (Å²) in [4.78, 5) is 33.0. The fourth-order valence-corrected chi connectivity index (χ4v) is 4.53. The van der Waals surface area contributed by atoms with Crippen molar-refractivity contribution < 1.29 is 19.1 Å². The third-order valence-electron chi connectivity index (χ3n) is 6.24. The third kappa shape index (κ3) is 4.89. The molecule has 3 aromatic rings. The molecule has 0 aromatic heterocycles. The minimum Gasteiger partial charge on any atom is -0.465 e. The van der Waals surface area contributed by atoms with E-state index in [9.17, 15) is 9.59 Å². The first-order valence-corrected chi connectivity index (χ1v) is 11.8. The average Bonchev–Trinajstić information content (AvgIpc) is 2.89. The molecule has 178 valence electrons. The van der Waals surface area contributed by atoms with Crippen LogP contribution in [0, 0.1) is 5.92 Å². The second-order valence-electron chi connectivity index (χ2n) is 8.54. The molecule has 7 nitrogen and oxygen atoms in total. The number of hydrogen-bond donors (Lipinski definition) is 1. The summed E-state index contributed by atoms with van der Waals surface area (Å²) in [7, 11) is 0. The Labute approximate surface area is 204 Å². The van der Waals surface area contributed by atoms with Gasteiger partial charge in [-0.3, -0.25) is 14.9 Å². The molecule has 3 aromatic carbocycles. The van der Waals surface area contributed by atoms with Crippen molar-refractivity contribution in [3.05, 3.63) is 95.6 Å². The zero-order chi connectivity index (χ0) is 24.2. The summed E-state index contributed by atoms with van der Waals surface area (Å²) in [6, 6.07) is 24.4. The molecule has 0 aliphatic carbocycles. The number of amides is 1. The molecule has 5 rings (SSSR count). The number of fused-ring (bicyclic) bond motifs is 1. The number of aliphatic imine (C=N–C) groups is 1. The van der Waals surface area contributed by atoms with Gasteiger partial charge in [0.25, 0.3) is 0 Å². The first-order valence-electron chi connectivity index (χ1n) is 11.8. The zero-order valence-electron chi connectivity index (χ0n) is 19.5. The second kappa shape index (κ2) is 10.0. The van der Waals surface area contributed by atoms with E-state index in [1.54, 1.807) is 6.92 Å². The molecule has 7 heteroatoms. The van der Waals surface area contributed by atoms with Crippen molar-refractivity contribution in [2.75, 3.05) is 13.2 Å². The molecule has 2 aliphatic heterocycles. The summed E-state index contributed by atoms with van der Waals surface area (Å²) >= 11 is 0. The van der Waals surface area contributed by atoms with Crippen LogP contribution in [0.1, 0.15) is 29.7 Å². The van der Waals surface area contributed by atoms with Gasteiger partial charge in [-0.2, -0.15) is 0 Å². The number of nitrogens with zero attached hydrogens (tertiary/aromatic N) is 2. The number of carbonyl (C=O) groups is 2. The number of nitrogens with one attached hydrogen (secondary N) is 1. The van der Waals surface area contributed by atoms with E-state index in [1.807, 2.05) is 66.7 Å². The Morgan fingerprint density at radius 3 is 2.54 bits per heavy atom. The highest BCUT2D eigenvalue weighted by Crippen LogP contribution is 2.34. The van der Waals surface area contributed by atoms with Crippen molar-refractivity contribution in [1.29, 1.82) is 0 Å². The van der Waals surface area contributed by atoms with Crippen molar-refractivity contribution in [2.45, 2.75) is 25.9 Å². The normalized spacial score (nSPS) is 19.3. The molecule has 0 unspecified atom stereocenters. The van der Waals surface area contributed by atoms with E-state index in [2.05, 4.69) is 22.3 Å². The number of benzene rings is 3. The lowest BCUT2D eigenvalue weighted by molar-refractivity contribution is -0.153. The molecule has 1 N–H and O–H groups in total. The van der Waals surface area contributed by atoms with Crippen LogP contribution in [0.15, 0.2) is 83.9 Å². The van der Waals surface area contributed by atoms with E-state index in [0.29, 0.717) is 29.6 Å². The van der Waals surface area contributed by atoms with E-state index < -0.39 is 23.8 Å². The van der Waals surface area contributed by atoms with Crippen LogP contribution in [0.5, 0.6) is 11.5 Å². The Bertz CT molecular complexity index is 1260. The van der Waals surface area contributed by atoms with Gasteiger partial charge in [0.2, 0.25) is 11.9 Å². The van der Waals surface area contributed by atoms with Gasteiger partial charge in [0, 0.05) is 13.1 Å². The molecule has 0 saturated heterocycles. The first-order chi connectivity index (χ1) is 17.1. The summed E-state index contributed by atoms with van der Waals surface area (Å²) in [5, 5.41) is 2.87. The van der Waals surface area contributed by atoms with Gasteiger partial charge in [-0.1, -0.05) is 54.6 Å². The lowest BCUT2D eigenvalue weighted by Crippen LogP contribution is -2.53. The van der Waals surface area contributed by atoms with Crippen LogP contribution in [0.3, 0.4) is 0 Å². The maximum absolute atomic E-state index is 13.2. The van der Waals surface area contributed by atoms with Crippen LogP contribution in [-0.2, 0) is 27.3 Å². The summed E-state index contributed by atoms with van der Waals surface area (Å²) < 4.78 is 11.2. The highest BCUT2D eigenvalue weighted by molar-refractivity contribution is 6.08. The number of para-hydroxylation sites is 1. The van der Waals surface area contributed by atoms with Crippen molar-refractivity contribution >= 4 is 17.8 Å². The second-order valence-corrected chi connectivity index (χ2v) is 8.54. The predicted molar refractivity (Wildman–Crippen MR) is 132 cm³/mol. The Morgan fingerprint density at radius 2 is 1.74 bits per heavy atom. The minimum absolute atomic E-state index is 0.186. The average molecular weight is 470 g/mol. The monoisotopic (exact) mass is 469 g/mol. The van der Waals surface area contributed by atoms with Gasteiger partial charge >= 0.3 is 5.97 Å². The lowest BCUT2D eigenvalue weighted by Gasteiger charge is -2.36.